The largest absolute Gasteiger partial charge is 0.390 e. The summed E-state index contributed by atoms with van der Waals surface area (Å²) in [6.07, 6.45) is 0.894. The summed E-state index contributed by atoms with van der Waals surface area (Å²) in [6, 6.07) is 0.515. The molecule has 3 atom stereocenters. The summed E-state index contributed by atoms with van der Waals surface area (Å²) in [5.74, 6) is 0.392. The van der Waals surface area contributed by atoms with Crippen LogP contribution in [0.15, 0.2) is 0 Å². The van der Waals surface area contributed by atoms with Crippen LogP contribution in [0.25, 0.3) is 0 Å². The Balaban J connectivity index is 2.63. The minimum absolute atomic E-state index is 0.392. The molecular weight excluding hydrogens is 138 g/mol. The van der Waals surface area contributed by atoms with Crippen molar-refractivity contribution in [3.05, 3.63) is 0 Å². The van der Waals surface area contributed by atoms with Crippen LogP contribution in [0, 0.1) is 5.92 Å². The second-order valence-corrected chi connectivity index (χ2v) is 4.25. The molecule has 0 amide bonds. The highest BCUT2D eigenvalue weighted by atomic mass is 16.3. The van der Waals surface area contributed by atoms with Gasteiger partial charge in [-0.1, -0.05) is 6.92 Å². The fourth-order valence-corrected chi connectivity index (χ4v) is 1.76. The molecule has 2 heteroatoms. The minimum atomic E-state index is -0.452. The van der Waals surface area contributed by atoms with Gasteiger partial charge in [-0.05, 0) is 33.2 Å². The van der Waals surface area contributed by atoms with Crippen molar-refractivity contribution in [1.82, 2.24) is 4.90 Å². The Bertz CT molecular complexity index is 144. The number of hydrogen-bond donors (Lipinski definition) is 1. The zero-order chi connectivity index (χ0) is 8.65. The van der Waals surface area contributed by atoms with Crippen LogP contribution in [-0.4, -0.2) is 35.2 Å². The minimum Gasteiger partial charge on any atom is -0.390 e. The van der Waals surface area contributed by atoms with Crippen molar-refractivity contribution in [3.63, 3.8) is 0 Å². The lowest BCUT2D eigenvalue weighted by Crippen LogP contribution is -2.51. The molecule has 1 aliphatic heterocycles. The summed E-state index contributed by atoms with van der Waals surface area (Å²) in [5.41, 5.74) is -0.452. The average Bonchev–Trinajstić information content (AvgIpc) is 1.83. The fourth-order valence-electron chi connectivity index (χ4n) is 1.76. The van der Waals surface area contributed by atoms with Gasteiger partial charge in [-0.2, -0.15) is 0 Å². The lowest BCUT2D eigenvalue weighted by molar-refractivity contribution is -0.0642. The standard InChI is InChI=1S/C9H19NO/c1-7-6-10(4)8(2)5-9(7,3)11/h7-8,11H,5-6H2,1-4H3. The van der Waals surface area contributed by atoms with E-state index in [1.165, 1.54) is 0 Å². The molecule has 1 saturated heterocycles. The van der Waals surface area contributed by atoms with E-state index in [0.717, 1.165) is 13.0 Å². The molecule has 0 radical (unpaired) electrons. The van der Waals surface area contributed by atoms with Crippen LogP contribution in [0.1, 0.15) is 27.2 Å². The highest BCUT2D eigenvalue weighted by Crippen LogP contribution is 2.29. The van der Waals surface area contributed by atoms with E-state index >= 15 is 0 Å². The van der Waals surface area contributed by atoms with E-state index in [4.69, 9.17) is 0 Å². The summed E-state index contributed by atoms with van der Waals surface area (Å²) in [6.45, 7) is 7.23. The van der Waals surface area contributed by atoms with Crippen LogP contribution in [0.3, 0.4) is 0 Å². The molecule has 0 bridgehead atoms. The summed E-state index contributed by atoms with van der Waals surface area (Å²) in [4.78, 5) is 2.31. The van der Waals surface area contributed by atoms with Gasteiger partial charge in [0.05, 0.1) is 5.60 Å². The van der Waals surface area contributed by atoms with Gasteiger partial charge in [-0.15, -0.1) is 0 Å². The Morgan fingerprint density at radius 3 is 2.45 bits per heavy atom. The van der Waals surface area contributed by atoms with E-state index in [-0.39, 0.29) is 0 Å². The maximum absolute atomic E-state index is 9.90. The van der Waals surface area contributed by atoms with E-state index < -0.39 is 5.60 Å². The first-order valence-corrected chi connectivity index (χ1v) is 4.36. The molecule has 2 nitrogen and oxygen atoms in total. The third-order valence-electron chi connectivity index (χ3n) is 3.08. The zero-order valence-corrected chi connectivity index (χ0v) is 7.96. The summed E-state index contributed by atoms with van der Waals surface area (Å²) in [7, 11) is 2.12. The quantitative estimate of drug-likeness (QED) is 0.569. The first kappa shape index (κ1) is 9.01. The highest BCUT2D eigenvalue weighted by molar-refractivity contribution is 4.90. The lowest BCUT2D eigenvalue weighted by Gasteiger charge is -2.43. The van der Waals surface area contributed by atoms with Gasteiger partial charge in [0.15, 0.2) is 0 Å². The maximum Gasteiger partial charge on any atom is 0.0672 e. The normalized spacial score (nSPS) is 47.7. The number of rotatable bonds is 0. The van der Waals surface area contributed by atoms with E-state index in [9.17, 15) is 5.11 Å². The molecule has 0 spiro atoms. The topological polar surface area (TPSA) is 23.5 Å². The van der Waals surface area contributed by atoms with Gasteiger partial charge in [-0.25, -0.2) is 0 Å². The smallest absolute Gasteiger partial charge is 0.0672 e. The zero-order valence-electron chi connectivity index (χ0n) is 7.96. The van der Waals surface area contributed by atoms with Crippen LogP contribution in [0.4, 0.5) is 0 Å². The number of hydrogen-bond acceptors (Lipinski definition) is 2. The van der Waals surface area contributed by atoms with E-state index in [0.29, 0.717) is 12.0 Å². The predicted molar refractivity (Wildman–Crippen MR) is 46.5 cm³/mol. The van der Waals surface area contributed by atoms with Crippen molar-refractivity contribution in [3.8, 4) is 0 Å². The molecular formula is C9H19NO. The molecule has 11 heavy (non-hydrogen) atoms. The third-order valence-corrected chi connectivity index (χ3v) is 3.08. The predicted octanol–water partition coefficient (Wildman–Crippen LogP) is 1.10. The Labute approximate surface area is 69.2 Å². The number of nitrogens with zero attached hydrogens (tertiary/aromatic N) is 1. The molecule has 0 aliphatic carbocycles. The third kappa shape index (κ3) is 1.74. The Kier molecular flexibility index (Phi) is 2.26. The molecule has 3 unspecified atom stereocenters. The van der Waals surface area contributed by atoms with Crippen LogP contribution >= 0.6 is 0 Å². The van der Waals surface area contributed by atoms with Gasteiger partial charge in [0.2, 0.25) is 0 Å². The van der Waals surface area contributed by atoms with Gasteiger partial charge in [0, 0.05) is 12.6 Å². The fraction of sp³-hybridized carbons (Fsp3) is 1.00. The van der Waals surface area contributed by atoms with Crippen LogP contribution < -0.4 is 0 Å². The summed E-state index contributed by atoms with van der Waals surface area (Å²) >= 11 is 0. The lowest BCUT2D eigenvalue weighted by atomic mass is 9.81. The summed E-state index contributed by atoms with van der Waals surface area (Å²) < 4.78 is 0. The first-order valence-electron chi connectivity index (χ1n) is 4.36. The second kappa shape index (κ2) is 2.76. The summed E-state index contributed by atoms with van der Waals surface area (Å²) in [5, 5.41) is 9.90. The van der Waals surface area contributed by atoms with Crippen LogP contribution in [0.5, 0.6) is 0 Å². The van der Waals surface area contributed by atoms with E-state index in [1.54, 1.807) is 0 Å². The second-order valence-electron chi connectivity index (χ2n) is 4.25. The highest BCUT2D eigenvalue weighted by Gasteiger charge is 2.36. The molecule has 66 valence electrons. The molecule has 0 aromatic carbocycles. The Hall–Kier alpha value is -0.0800. The molecule has 1 rings (SSSR count). The molecule has 1 aliphatic rings. The van der Waals surface area contributed by atoms with Crippen molar-refractivity contribution in [1.29, 1.82) is 0 Å². The Morgan fingerprint density at radius 1 is 1.45 bits per heavy atom. The maximum atomic E-state index is 9.90. The van der Waals surface area contributed by atoms with Crippen LogP contribution in [-0.2, 0) is 0 Å². The first-order chi connectivity index (χ1) is 4.93. The average molecular weight is 157 g/mol. The molecule has 0 aromatic rings. The molecule has 0 aromatic heterocycles. The van der Waals surface area contributed by atoms with Crippen molar-refractivity contribution in [2.75, 3.05) is 13.6 Å². The van der Waals surface area contributed by atoms with Gasteiger partial charge in [0.25, 0.3) is 0 Å². The van der Waals surface area contributed by atoms with Gasteiger partial charge >= 0.3 is 0 Å². The number of piperidine rings is 1. The number of aliphatic hydroxyl groups is 1. The SMILES string of the molecule is CC1CC(C)(O)C(C)CN1C. The van der Waals surface area contributed by atoms with Crippen molar-refractivity contribution in [2.45, 2.75) is 38.8 Å². The van der Waals surface area contributed by atoms with Crippen molar-refractivity contribution in [2.24, 2.45) is 5.92 Å². The van der Waals surface area contributed by atoms with Gasteiger partial charge in [-0.3, -0.25) is 0 Å². The van der Waals surface area contributed by atoms with E-state index in [1.807, 2.05) is 6.92 Å². The molecule has 1 heterocycles. The van der Waals surface area contributed by atoms with Crippen LogP contribution in [0.2, 0.25) is 0 Å². The monoisotopic (exact) mass is 157 g/mol. The molecule has 1 N–H and O–H groups in total. The van der Waals surface area contributed by atoms with Crippen molar-refractivity contribution < 1.29 is 5.11 Å². The van der Waals surface area contributed by atoms with E-state index in [2.05, 4.69) is 25.8 Å². The molecule has 0 saturated carbocycles. The van der Waals surface area contributed by atoms with Crippen molar-refractivity contribution >= 4 is 0 Å². The van der Waals surface area contributed by atoms with Gasteiger partial charge in [0.1, 0.15) is 0 Å². The Morgan fingerprint density at radius 2 is 2.00 bits per heavy atom. The van der Waals surface area contributed by atoms with Gasteiger partial charge < -0.3 is 10.0 Å². The molecule has 1 fully saturated rings. The number of likely N-dealkylation sites (tertiary alicyclic amines) is 1.